The van der Waals surface area contributed by atoms with Crippen molar-refractivity contribution in [2.24, 2.45) is 0 Å². The van der Waals surface area contributed by atoms with Gasteiger partial charge in [0.2, 0.25) is 17.7 Å². The Morgan fingerprint density at radius 1 is 0.659 bits per heavy atom. The number of likely N-dealkylation sites (tertiary alicyclic amines) is 1. The molecule has 0 aliphatic carbocycles. The quantitative estimate of drug-likeness (QED) is 0.122. The van der Waals surface area contributed by atoms with Gasteiger partial charge in [-0.15, -0.1) is 0 Å². The molecule has 1 fully saturated rings. The number of hydrogen-bond acceptors (Lipinski definition) is 6. The average Bonchev–Trinajstić information content (AvgIpc) is 2.99. The van der Waals surface area contributed by atoms with Crippen LogP contribution in [0.2, 0.25) is 0 Å². The van der Waals surface area contributed by atoms with E-state index < -0.39 is 0 Å². The minimum atomic E-state index is -0.122. The van der Waals surface area contributed by atoms with Crippen LogP contribution < -0.4 is 23.0 Å². The SMILES string of the molecule is CCCN(C)C(=O)CC.CCCN(CCCNC)C(=O)CC.CCCN(CCC[N+]1(CCCNC)CC(O)C1)C(=O)CC.[Cl-]. The van der Waals surface area contributed by atoms with E-state index in [1.807, 2.05) is 51.7 Å². The van der Waals surface area contributed by atoms with Crippen molar-refractivity contribution < 1.29 is 36.4 Å². The highest BCUT2D eigenvalue weighted by atomic mass is 35.5. The Kier molecular flexibility index (Phi) is 32.2. The largest absolute Gasteiger partial charge is 1.00 e. The van der Waals surface area contributed by atoms with Crippen molar-refractivity contribution in [2.75, 3.05) is 93.1 Å². The maximum absolute atomic E-state index is 11.9. The van der Waals surface area contributed by atoms with Gasteiger partial charge in [0.15, 0.2) is 6.10 Å². The standard InChI is InChI=1S/C16H34N3O2.C10H22N2O.C7H15NO.ClH/c1-4-9-18(16(21)5-2)10-7-12-19(11-6-8-17-3)13-15(20)14-19;1-4-8-12(10(13)5-2)9-6-7-11-3;1-4-6-8(3)7(9)5-2;/h15,17,20H,4-14H2,1-3H3;11H,4-9H2,1-3H3;4-6H2,1-3H3;1H/q+1;;;/p-1. The van der Waals surface area contributed by atoms with Crippen LogP contribution in [-0.2, 0) is 14.4 Å². The number of quaternary nitrogens is 1. The molecule has 0 aromatic carbocycles. The van der Waals surface area contributed by atoms with E-state index in [4.69, 9.17) is 0 Å². The maximum Gasteiger partial charge on any atom is 0.222 e. The van der Waals surface area contributed by atoms with E-state index in [0.717, 1.165) is 115 Å². The van der Waals surface area contributed by atoms with E-state index in [0.29, 0.717) is 19.3 Å². The van der Waals surface area contributed by atoms with Gasteiger partial charge in [0, 0.05) is 78.4 Å². The average molecular weight is 651 g/mol. The number of hydrogen-bond donors (Lipinski definition) is 3. The summed E-state index contributed by atoms with van der Waals surface area (Å²) in [6.07, 6.45) is 8.07. The van der Waals surface area contributed by atoms with E-state index in [-0.39, 0.29) is 36.2 Å². The second kappa shape index (κ2) is 30.2. The molecule has 0 atom stereocenters. The van der Waals surface area contributed by atoms with Crippen LogP contribution in [0, 0.1) is 0 Å². The van der Waals surface area contributed by atoms with Gasteiger partial charge >= 0.3 is 0 Å². The number of nitrogens with one attached hydrogen (secondary N) is 2. The number of carbonyl (C=O) groups excluding carboxylic acids is 3. The van der Waals surface area contributed by atoms with Gasteiger partial charge in [0.1, 0.15) is 13.1 Å². The Balaban J connectivity index is -0.000000627. The van der Waals surface area contributed by atoms with E-state index in [1.54, 1.807) is 4.90 Å². The second-order valence-corrected chi connectivity index (χ2v) is 11.7. The van der Waals surface area contributed by atoms with Crippen molar-refractivity contribution >= 4 is 17.7 Å². The van der Waals surface area contributed by atoms with Crippen molar-refractivity contribution in [3.63, 3.8) is 0 Å². The van der Waals surface area contributed by atoms with Crippen molar-refractivity contribution in [3.8, 4) is 0 Å². The van der Waals surface area contributed by atoms with Crippen LogP contribution >= 0.6 is 0 Å². The smallest absolute Gasteiger partial charge is 0.222 e. The summed E-state index contributed by atoms with van der Waals surface area (Å²) in [5.74, 6) is 0.775. The molecule has 0 aromatic rings. The van der Waals surface area contributed by atoms with E-state index in [1.165, 1.54) is 0 Å². The molecule has 264 valence electrons. The number of carbonyl (C=O) groups is 3. The topological polar surface area (TPSA) is 105 Å². The Morgan fingerprint density at radius 2 is 1.07 bits per heavy atom. The van der Waals surface area contributed by atoms with Crippen molar-refractivity contribution in [1.29, 1.82) is 0 Å². The van der Waals surface area contributed by atoms with Crippen LogP contribution in [0.25, 0.3) is 0 Å². The number of aliphatic hydroxyl groups excluding tert-OH is 1. The molecular formula is C33H71ClN6O4. The van der Waals surface area contributed by atoms with Gasteiger partial charge in [-0.1, -0.05) is 41.5 Å². The Bertz CT molecular complexity index is 710. The van der Waals surface area contributed by atoms with Crippen LogP contribution in [-0.4, -0.2) is 141 Å². The Labute approximate surface area is 277 Å². The molecule has 0 bridgehead atoms. The third-order valence-electron chi connectivity index (χ3n) is 7.76. The minimum absolute atomic E-state index is 0. The van der Waals surface area contributed by atoms with Gasteiger partial charge < -0.3 is 47.3 Å². The molecule has 0 radical (unpaired) electrons. The number of amides is 3. The van der Waals surface area contributed by atoms with Crippen LogP contribution in [0.3, 0.4) is 0 Å². The fraction of sp³-hybridized carbons (Fsp3) is 0.909. The number of nitrogens with zero attached hydrogens (tertiary/aromatic N) is 4. The summed E-state index contributed by atoms with van der Waals surface area (Å²) in [6.45, 7) is 22.4. The Hall–Kier alpha value is -1.46. The molecular weight excluding hydrogens is 580 g/mol. The zero-order chi connectivity index (χ0) is 33.1. The molecule has 44 heavy (non-hydrogen) atoms. The predicted molar refractivity (Wildman–Crippen MR) is 180 cm³/mol. The number of aliphatic hydroxyl groups is 1. The Morgan fingerprint density at radius 3 is 1.45 bits per heavy atom. The molecule has 1 aliphatic rings. The number of rotatable bonds is 21. The third kappa shape index (κ3) is 22.1. The first-order chi connectivity index (χ1) is 20.5. The lowest BCUT2D eigenvalue weighted by Crippen LogP contribution is -3.00. The first-order valence-electron chi connectivity index (χ1n) is 17.2. The summed E-state index contributed by atoms with van der Waals surface area (Å²) in [6, 6.07) is 0. The monoisotopic (exact) mass is 651 g/mol. The zero-order valence-electron chi connectivity index (χ0n) is 30.1. The summed E-state index contributed by atoms with van der Waals surface area (Å²) in [7, 11) is 5.76. The number of halogens is 1. The molecule has 3 amide bonds. The second-order valence-electron chi connectivity index (χ2n) is 11.7. The summed E-state index contributed by atoms with van der Waals surface area (Å²) >= 11 is 0. The van der Waals surface area contributed by atoms with Gasteiger partial charge in [-0.05, 0) is 46.3 Å². The highest BCUT2D eigenvalue weighted by Crippen LogP contribution is 2.22. The van der Waals surface area contributed by atoms with E-state index in [9.17, 15) is 19.5 Å². The molecule has 1 heterocycles. The summed E-state index contributed by atoms with van der Waals surface area (Å²) in [4.78, 5) is 39.8. The summed E-state index contributed by atoms with van der Waals surface area (Å²) in [5.41, 5.74) is 0. The van der Waals surface area contributed by atoms with E-state index in [2.05, 4.69) is 31.4 Å². The fourth-order valence-electron chi connectivity index (χ4n) is 5.39. The highest BCUT2D eigenvalue weighted by Gasteiger charge is 2.42. The summed E-state index contributed by atoms with van der Waals surface area (Å²) < 4.78 is 1.03. The molecule has 0 aromatic heterocycles. The van der Waals surface area contributed by atoms with Gasteiger partial charge in [0.25, 0.3) is 0 Å². The molecule has 1 saturated heterocycles. The van der Waals surface area contributed by atoms with Crippen molar-refractivity contribution in [1.82, 2.24) is 25.3 Å². The maximum atomic E-state index is 11.9. The molecule has 0 saturated carbocycles. The normalized spacial score (nSPS) is 16.6. The van der Waals surface area contributed by atoms with Crippen molar-refractivity contribution in [3.05, 3.63) is 0 Å². The highest BCUT2D eigenvalue weighted by molar-refractivity contribution is 5.76. The van der Waals surface area contributed by atoms with Gasteiger partial charge in [0.05, 0.1) is 13.1 Å². The first kappa shape index (κ1) is 47.0. The third-order valence-corrected chi connectivity index (χ3v) is 7.76. The fourth-order valence-corrected chi connectivity index (χ4v) is 5.39. The van der Waals surface area contributed by atoms with Crippen LogP contribution in [0.15, 0.2) is 0 Å². The van der Waals surface area contributed by atoms with Gasteiger partial charge in [-0.2, -0.15) is 0 Å². The van der Waals surface area contributed by atoms with Crippen molar-refractivity contribution in [2.45, 2.75) is 105 Å². The van der Waals surface area contributed by atoms with E-state index >= 15 is 0 Å². The van der Waals surface area contributed by atoms with Gasteiger partial charge in [-0.3, -0.25) is 14.4 Å². The molecule has 11 heteroatoms. The molecule has 0 unspecified atom stereocenters. The van der Waals surface area contributed by atoms with Crippen LogP contribution in [0.1, 0.15) is 99.3 Å². The zero-order valence-corrected chi connectivity index (χ0v) is 30.8. The molecule has 3 N–H and O–H groups in total. The molecule has 10 nitrogen and oxygen atoms in total. The molecule has 0 spiro atoms. The first-order valence-corrected chi connectivity index (χ1v) is 17.2. The molecule has 1 aliphatic heterocycles. The lowest BCUT2D eigenvalue weighted by atomic mass is 10.0. The van der Waals surface area contributed by atoms with Crippen LogP contribution in [0.4, 0.5) is 0 Å². The van der Waals surface area contributed by atoms with Crippen LogP contribution in [0.5, 0.6) is 0 Å². The lowest BCUT2D eigenvalue weighted by molar-refractivity contribution is -0.972. The lowest BCUT2D eigenvalue weighted by Gasteiger charge is -2.49. The van der Waals surface area contributed by atoms with Gasteiger partial charge in [-0.25, -0.2) is 0 Å². The summed E-state index contributed by atoms with van der Waals surface area (Å²) in [5, 5.41) is 15.9. The predicted octanol–water partition coefficient (Wildman–Crippen LogP) is 0.339. The molecule has 1 rings (SSSR count). The minimum Gasteiger partial charge on any atom is -1.00 e.